The lowest BCUT2D eigenvalue weighted by Crippen LogP contribution is -2.36. The molecule has 0 saturated carbocycles. The monoisotopic (exact) mass is 269 g/mol. The molecule has 2 rings (SSSR count). The fourth-order valence-electron chi connectivity index (χ4n) is 2.08. The van der Waals surface area contributed by atoms with Crippen LogP contribution in [0.15, 0.2) is 60.7 Å². The fraction of sp³-hybridized carbons (Fsp3) is 0.235. The number of hydrogen-bond acceptors (Lipinski definition) is 2. The maximum absolute atomic E-state index is 12.1. The van der Waals surface area contributed by atoms with Gasteiger partial charge in [-0.05, 0) is 18.1 Å². The van der Waals surface area contributed by atoms with Crippen LogP contribution < -0.4 is 0 Å². The Bertz CT molecular complexity index is 496. The molecule has 2 aromatic carbocycles. The zero-order valence-electron chi connectivity index (χ0n) is 11.6. The molecule has 0 radical (unpaired) electrons. The van der Waals surface area contributed by atoms with Crippen molar-refractivity contribution in [1.29, 1.82) is 0 Å². The molecule has 0 heterocycles. The number of carbonyl (C=O) groups excluding carboxylic acids is 1. The third-order valence-electron chi connectivity index (χ3n) is 3.10. The van der Waals surface area contributed by atoms with E-state index < -0.39 is 6.10 Å². The van der Waals surface area contributed by atoms with Crippen molar-refractivity contribution >= 4 is 5.91 Å². The maximum Gasteiger partial charge on any atom is 0.251 e. The van der Waals surface area contributed by atoms with E-state index in [1.807, 2.05) is 60.7 Å². The molecule has 1 atom stereocenters. The van der Waals surface area contributed by atoms with E-state index >= 15 is 0 Å². The van der Waals surface area contributed by atoms with Gasteiger partial charge in [-0.3, -0.25) is 4.79 Å². The summed E-state index contributed by atoms with van der Waals surface area (Å²) >= 11 is 0. The van der Waals surface area contributed by atoms with Crippen molar-refractivity contribution in [3.8, 4) is 0 Å². The highest BCUT2D eigenvalue weighted by molar-refractivity contribution is 5.80. The Hall–Kier alpha value is -2.13. The first-order chi connectivity index (χ1) is 9.66. The molecule has 0 bridgehead atoms. The number of carbonyl (C=O) groups is 1. The molecule has 0 fully saturated rings. The summed E-state index contributed by atoms with van der Waals surface area (Å²) in [5.74, 6) is -0.252. The molecule has 104 valence electrons. The topological polar surface area (TPSA) is 40.5 Å². The smallest absolute Gasteiger partial charge is 0.251 e. The highest BCUT2D eigenvalue weighted by Gasteiger charge is 2.18. The van der Waals surface area contributed by atoms with E-state index in [2.05, 4.69) is 0 Å². The van der Waals surface area contributed by atoms with Crippen LogP contribution in [-0.4, -0.2) is 22.0 Å². The van der Waals surface area contributed by atoms with E-state index in [4.69, 9.17) is 0 Å². The second kappa shape index (κ2) is 6.87. The molecular weight excluding hydrogens is 250 g/mol. The second-order valence-corrected chi connectivity index (χ2v) is 4.84. The maximum atomic E-state index is 12.1. The third-order valence-corrected chi connectivity index (χ3v) is 3.10. The van der Waals surface area contributed by atoms with Crippen LogP contribution in [0.2, 0.25) is 0 Å². The lowest BCUT2D eigenvalue weighted by molar-refractivity contribution is -0.140. The highest BCUT2D eigenvalue weighted by Crippen LogP contribution is 2.11. The van der Waals surface area contributed by atoms with E-state index in [0.29, 0.717) is 13.1 Å². The number of aliphatic hydroxyl groups excluding tert-OH is 1. The van der Waals surface area contributed by atoms with Gasteiger partial charge in [-0.25, -0.2) is 0 Å². The van der Waals surface area contributed by atoms with Crippen LogP contribution >= 0.6 is 0 Å². The molecule has 0 aromatic heterocycles. The largest absolute Gasteiger partial charge is 0.384 e. The van der Waals surface area contributed by atoms with E-state index in [0.717, 1.165) is 11.1 Å². The fourth-order valence-corrected chi connectivity index (χ4v) is 2.08. The molecule has 3 heteroatoms. The number of nitrogens with zero attached hydrogens (tertiary/aromatic N) is 1. The first-order valence-electron chi connectivity index (χ1n) is 6.71. The molecule has 0 spiro atoms. The minimum Gasteiger partial charge on any atom is -0.384 e. The van der Waals surface area contributed by atoms with E-state index in [1.165, 1.54) is 6.92 Å². The number of amides is 1. The summed E-state index contributed by atoms with van der Waals surface area (Å²) in [5.41, 5.74) is 2.11. The third kappa shape index (κ3) is 3.93. The first kappa shape index (κ1) is 14.3. The molecule has 2 aromatic rings. The minimum absolute atomic E-state index is 0.252. The van der Waals surface area contributed by atoms with Gasteiger partial charge in [0.2, 0.25) is 0 Å². The number of aliphatic hydroxyl groups is 1. The van der Waals surface area contributed by atoms with Gasteiger partial charge in [-0.1, -0.05) is 60.7 Å². The number of hydrogen-bond donors (Lipinski definition) is 1. The predicted molar refractivity (Wildman–Crippen MR) is 78.8 cm³/mol. The highest BCUT2D eigenvalue weighted by atomic mass is 16.3. The van der Waals surface area contributed by atoms with Gasteiger partial charge in [0.1, 0.15) is 6.10 Å². The van der Waals surface area contributed by atoms with E-state index in [-0.39, 0.29) is 5.91 Å². The summed E-state index contributed by atoms with van der Waals surface area (Å²) in [5, 5.41) is 9.56. The Morgan fingerprint density at radius 2 is 1.35 bits per heavy atom. The average molecular weight is 269 g/mol. The van der Waals surface area contributed by atoms with Gasteiger partial charge in [0.05, 0.1) is 0 Å². The summed E-state index contributed by atoms with van der Waals surface area (Å²) in [7, 11) is 0. The Morgan fingerprint density at radius 1 is 0.950 bits per heavy atom. The summed E-state index contributed by atoms with van der Waals surface area (Å²) < 4.78 is 0. The van der Waals surface area contributed by atoms with Gasteiger partial charge in [0.25, 0.3) is 5.91 Å². The van der Waals surface area contributed by atoms with Crippen LogP contribution in [-0.2, 0) is 17.9 Å². The van der Waals surface area contributed by atoms with Crippen LogP contribution in [0, 0.1) is 0 Å². The van der Waals surface area contributed by atoms with Crippen LogP contribution in [0.5, 0.6) is 0 Å². The van der Waals surface area contributed by atoms with Crippen molar-refractivity contribution in [3.05, 3.63) is 71.8 Å². The quantitative estimate of drug-likeness (QED) is 0.906. The Labute approximate surface area is 119 Å². The molecule has 0 aliphatic carbocycles. The lowest BCUT2D eigenvalue weighted by Gasteiger charge is -2.24. The van der Waals surface area contributed by atoms with E-state index in [1.54, 1.807) is 4.90 Å². The molecule has 3 nitrogen and oxygen atoms in total. The summed E-state index contributed by atoms with van der Waals surface area (Å²) in [6.45, 7) is 2.50. The van der Waals surface area contributed by atoms with Crippen molar-refractivity contribution in [1.82, 2.24) is 4.90 Å². The predicted octanol–water partition coefficient (Wildman–Crippen LogP) is 2.60. The van der Waals surface area contributed by atoms with Crippen molar-refractivity contribution in [2.75, 3.05) is 0 Å². The molecule has 1 unspecified atom stereocenters. The molecular formula is C17H19NO2. The summed E-state index contributed by atoms with van der Waals surface area (Å²) in [6, 6.07) is 19.6. The Kier molecular flexibility index (Phi) is 4.91. The summed E-state index contributed by atoms with van der Waals surface area (Å²) in [6.07, 6.45) is -0.984. The van der Waals surface area contributed by atoms with Crippen molar-refractivity contribution in [2.45, 2.75) is 26.1 Å². The van der Waals surface area contributed by atoms with Crippen molar-refractivity contribution in [3.63, 3.8) is 0 Å². The van der Waals surface area contributed by atoms with Gasteiger partial charge in [0, 0.05) is 13.1 Å². The minimum atomic E-state index is -0.984. The number of benzene rings is 2. The molecule has 0 aliphatic rings. The Balaban J connectivity index is 2.15. The zero-order chi connectivity index (χ0) is 14.4. The Morgan fingerprint density at radius 3 is 1.70 bits per heavy atom. The van der Waals surface area contributed by atoms with Crippen LogP contribution in [0.3, 0.4) is 0 Å². The average Bonchev–Trinajstić information content (AvgIpc) is 2.48. The van der Waals surface area contributed by atoms with Gasteiger partial charge >= 0.3 is 0 Å². The normalized spacial score (nSPS) is 11.9. The molecule has 1 N–H and O–H groups in total. The zero-order valence-corrected chi connectivity index (χ0v) is 11.6. The van der Waals surface area contributed by atoms with Gasteiger partial charge in [0.15, 0.2) is 0 Å². The van der Waals surface area contributed by atoms with Gasteiger partial charge < -0.3 is 10.0 Å². The van der Waals surface area contributed by atoms with E-state index in [9.17, 15) is 9.90 Å². The van der Waals surface area contributed by atoms with Crippen LogP contribution in [0.4, 0.5) is 0 Å². The first-order valence-corrected chi connectivity index (χ1v) is 6.71. The molecule has 0 aliphatic heterocycles. The molecule has 20 heavy (non-hydrogen) atoms. The second-order valence-electron chi connectivity index (χ2n) is 4.84. The number of rotatable bonds is 5. The molecule has 1 amide bonds. The summed E-state index contributed by atoms with van der Waals surface area (Å²) in [4.78, 5) is 13.8. The molecule has 0 saturated heterocycles. The van der Waals surface area contributed by atoms with Gasteiger partial charge in [-0.15, -0.1) is 0 Å². The van der Waals surface area contributed by atoms with Crippen molar-refractivity contribution < 1.29 is 9.90 Å². The van der Waals surface area contributed by atoms with Crippen LogP contribution in [0.25, 0.3) is 0 Å². The SMILES string of the molecule is CC(O)C(=O)N(Cc1ccccc1)Cc1ccccc1. The van der Waals surface area contributed by atoms with Gasteiger partial charge in [-0.2, -0.15) is 0 Å². The van der Waals surface area contributed by atoms with Crippen molar-refractivity contribution in [2.24, 2.45) is 0 Å². The standard InChI is InChI=1S/C17H19NO2/c1-14(19)17(20)18(12-15-8-4-2-5-9-15)13-16-10-6-3-7-11-16/h2-11,14,19H,12-13H2,1H3. The van der Waals surface area contributed by atoms with Crippen LogP contribution in [0.1, 0.15) is 18.1 Å². The lowest BCUT2D eigenvalue weighted by atomic mass is 10.1.